The highest BCUT2D eigenvalue weighted by atomic mass is 19.4. The Morgan fingerprint density at radius 1 is 1.46 bits per heavy atom. The normalized spacial score (nSPS) is 17.9. The molecule has 134 valence electrons. The van der Waals surface area contributed by atoms with E-state index in [9.17, 15) is 13.2 Å². The van der Waals surface area contributed by atoms with Gasteiger partial charge in [0.15, 0.2) is 5.96 Å². The molecule has 24 heavy (non-hydrogen) atoms. The molecule has 1 aromatic heterocycles. The zero-order chi connectivity index (χ0) is 17.8. The average molecular weight is 344 g/mol. The lowest BCUT2D eigenvalue weighted by Crippen LogP contribution is -2.42. The Labute approximate surface area is 139 Å². The van der Waals surface area contributed by atoms with Crippen LogP contribution in [0.2, 0.25) is 0 Å². The number of aliphatic imine (C=N–C) groups is 1. The van der Waals surface area contributed by atoms with Gasteiger partial charge in [0.05, 0.1) is 6.54 Å². The average Bonchev–Trinajstić information content (AvgIpc) is 2.87. The fourth-order valence-electron chi connectivity index (χ4n) is 2.66. The van der Waals surface area contributed by atoms with Gasteiger partial charge in [0, 0.05) is 26.3 Å². The maximum absolute atomic E-state index is 12.9. The van der Waals surface area contributed by atoms with Crippen molar-refractivity contribution < 1.29 is 17.9 Å². The van der Waals surface area contributed by atoms with E-state index in [0.717, 1.165) is 31.5 Å². The lowest BCUT2D eigenvalue weighted by molar-refractivity contribution is -0.139. The molecular formula is C16H23F3N4O. The van der Waals surface area contributed by atoms with Crippen LogP contribution in [0.4, 0.5) is 13.2 Å². The second kappa shape index (κ2) is 7.27. The number of nitrogens with zero attached hydrogens (tertiary/aromatic N) is 3. The number of alkyl halides is 3. The quantitative estimate of drug-likeness (QED) is 0.518. The van der Waals surface area contributed by atoms with Crippen molar-refractivity contribution in [3.8, 4) is 5.88 Å². The van der Waals surface area contributed by atoms with Crippen molar-refractivity contribution in [2.24, 2.45) is 10.4 Å². The summed E-state index contributed by atoms with van der Waals surface area (Å²) in [6.07, 6.45) is -2.12. The Bertz CT molecular complexity index is 587. The molecule has 0 spiro atoms. The van der Waals surface area contributed by atoms with Crippen LogP contribution in [0.15, 0.2) is 23.3 Å². The fraction of sp³-hybridized carbons (Fsp3) is 0.625. The molecule has 1 aliphatic heterocycles. The molecule has 5 nitrogen and oxygen atoms in total. The number of aromatic nitrogens is 1. The molecule has 0 saturated carbocycles. The summed E-state index contributed by atoms with van der Waals surface area (Å²) in [6.45, 7) is 6.61. The highest BCUT2D eigenvalue weighted by Crippen LogP contribution is 2.34. The number of nitrogens with one attached hydrogen (secondary N) is 1. The van der Waals surface area contributed by atoms with E-state index in [2.05, 4.69) is 34.0 Å². The van der Waals surface area contributed by atoms with E-state index in [4.69, 9.17) is 4.74 Å². The molecule has 0 bridgehead atoms. The van der Waals surface area contributed by atoms with Crippen molar-refractivity contribution in [2.75, 3.05) is 33.3 Å². The minimum atomic E-state index is -4.48. The number of likely N-dealkylation sites (tertiary alicyclic amines) is 1. The summed E-state index contributed by atoms with van der Waals surface area (Å²) >= 11 is 0. The fourth-order valence-corrected chi connectivity index (χ4v) is 2.66. The Hall–Kier alpha value is -1.99. The third-order valence-electron chi connectivity index (χ3n) is 3.89. The topological polar surface area (TPSA) is 49.8 Å². The summed E-state index contributed by atoms with van der Waals surface area (Å²) in [4.78, 5) is 10.0. The summed E-state index contributed by atoms with van der Waals surface area (Å²) < 4.78 is 43.8. The number of halogens is 3. The molecule has 1 fully saturated rings. The molecule has 1 N–H and O–H groups in total. The Morgan fingerprint density at radius 3 is 2.79 bits per heavy atom. The number of pyridine rings is 1. The first-order chi connectivity index (χ1) is 11.2. The summed E-state index contributed by atoms with van der Waals surface area (Å²) in [5.41, 5.74) is -0.625. The van der Waals surface area contributed by atoms with Crippen molar-refractivity contribution in [1.29, 1.82) is 0 Å². The van der Waals surface area contributed by atoms with Gasteiger partial charge >= 0.3 is 6.18 Å². The highest BCUT2D eigenvalue weighted by Gasteiger charge is 2.35. The van der Waals surface area contributed by atoms with Crippen LogP contribution in [0.1, 0.15) is 25.8 Å². The SMILES string of the molecule is CN=C(NCCOc1ncccc1C(F)(F)F)N1CCC(C)(C)C1. The Kier molecular flexibility index (Phi) is 5.56. The molecule has 1 aromatic rings. The lowest BCUT2D eigenvalue weighted by atomic mass is 9.93. The van der Waals surface area contributed by atoms with E-state index in [-0.39, 0.29) is 12.0 Å². The predicted octanol–water partition coefficient (Wildman–Crippen LogP) is 2.79. The van der Waals surface area contributed by atoms with E-state index in [1.54, 1.807) is 7.05 Å². The zero-order valence-corrected chi connectivity index (χ0v) is 14.2. The van der Waals surface area contributed by atoms with Gasteiger partial charge in [0.25, 0.3) is 0 Å². The molecule has 1 saturated heterocycles. The second-order valence-electron chi connectivity index (χ2n) is 6.51. The minimum absolute atomic E-state index is 0.0658. The molecule has 0 atom stereocenters. The smallest absolute Gasteiger partial charge is 0.421 e. The number of guanidine groups is 1. The van der Waals surface area contributed by atoms with Crippen LogP contribution in [-0.2, 0) is 6.18 Å². The van der Waals surface area contributed by atoms with E-state index in [1.165, 1.54) is 12.3 Å². The van der Waals surface area contributed by atoms with Crippen LogP contribution < -0.4 is 10.1 Å². The van der Waals surface area contributed by atoms with E-state index in [1.807, 2.05) is 0 Å². The number of hydrogen-bond acceptors (Lipinski definition) is 3. The molecule has 0 aromatic carbocycles. The number of rotatable bonds is 4. The van der Waals surface area contributed by atoms with Gasteiger partial charge in [0.2, 0.25) is 5.88 Å². The summed E-state index contributed by atoms with van der Waals surface area (Å²) in [7, 11) is 1.69. The molecular weight excluding hydrogens is 321 g/mol. The van der Waals surface area contributed by atoms with E-state index < -0.39 is 17.6 Å². The maximum atomic E-state index is 12.9. The predicted molar refractivity (Wildman–Crippen MR) is 86.1 cm³/mol. The Balaban J connectivity index is 1.85. The van der Waals surface area contributed by atoms with Crippen molar-refractivity contribution in [2.45, 2.75) is 26.4 Å². The van der Waals surface area contributed by atoms with Gasteiger partial charge < -0.3 is 15.0 Å². The van der Waals surface area contributed by atoms with Crippen LogP contribution in [0.25, 0.3) is 0 Å². The van der Waals surface area contributed by atoms with Crippen LogP contribution >= 0.6 is 0 Å². The maximum Gasteiger partial charge on any atom is 0.421 e. The van der Waals surface area contributed by atoms with Gasteiger partial charge in [0.1, 0.15) is 12.2 Å². The van der Waals surface area contributed by atoms with Crippen molar-refractivity contribution in [3.63, 3.8) is 0 Å². The second-order valence-corrected chi connectivity index (χ2v) is 6.51. The van der Waals surface area contributed by atoms with Gasteiger partial charge in [-0.1, -0.05) is 13.8 Å². The van der Waals surface area contributed by atoms with Crippen LogP contribution in [0.5, 0.6) is 5.88 Å². The van der Waals surface area contributed by atoms with Crippen LogP contribution in [0.3, 0.4) is 0 Å². The summed E-state index contributed by atoms with van der Waals surface area (Å²) in [5.74, 6) is 0.338. The van der Waals surface area contributed by atoms with Gasteiger partial charge in [-0.05, 0) is 24.0 Å². The third-order valence-corrected chi connectivity index (χ3v) is 3.89. The standard InChI is InChI=1S/C16H23F3N4O/c1-15(2)6-9-23(11-15)14(20-3)22-8-10-24-13-12(16(17,18)19)5-4-7-21-13/h4-5,7H,6,8-11H2,1-3H3,(H,20,22). The van der Waals surface area contributed by atoms with Crippen molar-refractivity contribution in [3.05, 3.63) is 23.9 Å². The number of ether oxygens (including phenoxy) is 1. The first-order valence-corrected chi connectivity index (χ1v) is 7.83. The molecule has 2 heterocycles. The van der Waals surface area contributed by atoms with Gasteiger partial charge in [-0.15, -0.1) is 0 Å². The molecule has 0 radical (unpaired) electrons. The molecule has 0 aliphatic carbocycles. The Morgan fingerprint density at radius 2 is 2.21 bits per heavy atom. The monoisotopic (exact) mass is 344 g/mol. The molecule has 8 heteroatoms. The highest BCUT2D eigenvalue weighted by molar-refractivity contribution is 5.80. The summed E-state index contributed by atoms with van der Waals surface area (Å²) in [5, 5.41) is 3.12. The molecule has 0 amide bonds. The van der Waals surface area contributed by atoms with Gasteiger partial charge in [-0.2, -0.15) is 13.2 Å². The first-order valence-electron chi connectivity index (χ1n) is 7.83. The van der Waals surface area contributed by atoms with Crippen molar-refractivity contribution in [1.82, 2.24) is 15.2 Å². The van der Waals surface area contributed by atoms with E-state index >= 15 is 0 Å². The minimum Gasteiger partial charge on any atom is -0.475 e. The lowest BCUT2D eigenvalue weighted by Gasteiger charge is -2.23. The molecule has 1 aliphatic rings. The van der Waals surface area contributed by atoms with E-state index in [0.29, 0.717) is 6.54 Å². The van der Waals surface area contributed by atoms with Crippen LogP contribution in [0, 0.1) is 5.41 Å². The third kappa shape index (κ3) is 4.75. The van der Waals surface area contributed by atoms with Gasteiger partial charge in [-0.3, -0.25) is 4.99 Å². The zero-order valence-electron chi connectivity index (χ0n) is 14.2. The van der Waals surface area contributed by atoms with Crippen molar-refractivity contribution >= 4 is 5.96 Å². The van der Waals surface area contributed by atoms with Crippen LogP contribution in [-0.4, -0.2) is 49.1 Å². The summed E-state index contributed by atoms with van der Waals surface area (Å²) in [6, 6.07) is 2.20. The molecule has 2 rings (SSSR count). The first kappa shape index (κ1) is 18.4. The van der Waals surface area contributed by atoms with Gasteiger partial charge in [-0.25, -0.2) is 4.98 Å². The number of hydrogen-bond donors (Lipinski definition) is 1. The molecule has 0 unspecified atom stereocenters. The largest absolute Gasteiger partial charge is 0.475 e.